The SMILES string of the molecule is CCCc1nnsc1C(=O)Cc1ccsc1. The van der Waals surface area contributed by atoms with Crippen molar-refractivity contribution in [3.05, 3.63) is 33.0 Å². The monoisotopic (exact) mass is 252 g/mol. The molecular formula is C11H12N2OS2. The number of aryl methyl sites for hydroxylation is 1. The molecule has 16 heavy (non-hydrogen) atoms. The number of hydrogen-bond acceptors (Lipinski definition) is 5. The largest absolute Gasteiger partial charge is 0.293 e. The highest BCUT2D eigenvalue weighted by molar-refractivity contribution is 7.08. The number of rotatable bonds is 5. The molecule has 0 aliphatic heterocycles. The molecule has 0 saturated carbocycles. The Balaban J connectivity index is 2.11. The Kier molecular flexibility index (Phi) is 3.79. The van der Waals surface area contributed by atoms with E-state index in [0.717, 1.165) is 29.0 Å². The normalized spacial score (nSPS) is 10.6. The van der Waals surface area contributed by atoms with Gasteiger partial charge in [-0.15, -0.1) is 5.10 Å². The number of Topliss-reactive ketones (excluding diaryl/α,β-unsaturated/α-hetero) is 1. The second-order valence-corrected chi connectivity index (χ2v) is 5.06. The Hall–Kier alpha value is -1.07. The van der Waals surface area contributed by atoms with Crippen molar-refractivity contribution >= 4 is 28.7 Å². The highest BCUT2D eigenvalue weighted by Crippen LogP contribution is 2.17. The zero-order chi connectivity index (χ0) is 11.4. The molecule has 0 amide bonds. The fourth-order valence-electron chi connectivity index (χ4n) is 1.48. The van der Waals surface area contributed by atoms with Crippen molar-refractivity contribution in [2.24, 2.45) is 0 Å². The first-order valence-electron chi connectivity index (χ1n) is 5.16. The van der Waals surface area contributed by atoms with E-state index >= 15 is 0 Å². The van der Waals surface area contributed by atoms with Gasteiger partial charge in [0.25, 0.3) is 0 Å². The van der Waals surface area contributed by atoms with Gasteiger partial charge in [0.1, 0.15) is 4.88 Å². The molecule has 0 radical (unpaired) electrons. The van der Waals surface area contributed by atoms with Crippen molar-refractivity contribution in [1.29, 1.82) is 0 Å². The van der Waals surface area contributed by atoms with Crippen LogP contribution in [0.15, 0.2) is 16.8 Å². The molecule has 3 nitrogen and oxygen atoms in total. The maximum Gasteiger partial charge on any atom is 0.180 e. The van der Waals surface area contributed by atoms with Crippen LogP contribution in [0.1, 0.15) is 34.3 Å². The van der Waals surface area contributed by atoms with Gasteiger partial charge in [-0.2, -0.15) is 11.3 Å². The van der Waals surface area contributed by atoms with Crippen molar-refractivity contribution in [1.82, 2.24) is 9.59 Å². The topological polar surface area (TPSA) is 42.9 Å². The molecule has 2 aromatic rings. The van der Waals surface area contributed by atoms with Gasteiger partial charge in [0, 0.05) is 6.42 Å². The van der Waals surface area contributed by atoms with Crippen LogP contribution in [0, 0.1) is 0 Å². The van der Waals surface area contributed by atoms with Crippen LogP contribution in [0.4, 0.5) is 0 Å². The summed E-state index contributed by atoms with van der Waals surface area (Å²) in [6.45, 7) is 2.08. The molecule has 5 heteroatoms. The van der Waals surface area contributed by atoms with E-state index in [4.69, 9.17) is 0 Å². The van der Waals surface area contributed by atoms with Gasteiger partial charge in [-0.1, -0.05) is 17.8 Å². The summed E-state index contributed by atoms with van der Waals surface area (Å²) in [6, 6.07) is 1.98. The third kappa shape index (κ3) is 2.54. The summed E-state index contributed by atoms with van der Waals surface area (Å²) in [5, 5.41) is 8.00. The van der Waals surface area contributed by atoms with Crippen molar-refractivity contribution in [2.75, 3.05) is 0 Å². The molecule has 0 bridgehead atoms. The Morgan fingerprint density at radius 2 is 2.38 bits per heavy atom. The number of thiophene rings is 1. The fraction of sp³-hybridized carbons (Fsp3) is 0.364. The average Bonchev–Trinajstić information content (AvgIpc) is 2.89. The Morgan fingerprint density at radius 1 is 1.50 bits per heavy atom. The van der Waals surface area contributed by atoms with Gasteiger partial charge >= 0.3 is 0 Å². The molecular weight excluding hydrogens is 240 g/mol. The Bertz CT molecular complexity index is 462. The van der Waals surface area contributed by atoms with Gasteiger partial charge in [0.2, 0.25) is 0 Å². The maximum atomic E-state index is 12.0. The van der Waals surface area contributed by atoms with E-state index in [1.807, 2.05) is 16.8 Å². The van der Waals surface area contributed by atoms with E-state index in [-0.39, 0.29) is 5.78 Å². The zero-order valence-electron chi connectivity index (χ0n) is 8.97. The van der Waals surface area contributed by atoms with Crippen LogP contribution in [0.3, 0.4) is 0 Å². The van der Waals surface area contributed by atoms with Gasteiger partial charge < -0.3 is 0 Å². The van der Waals surface area contributed by atoms with Crippen LogP contribution in [0.25, 0.3) is 0 Å². The molecule has 0 saturated heterocycles. The standard InChI is InChI=1S/C11H12N2OS2/c1-2-3-9-11(16-13-12-9)10(14)6-8-4-5-15-7-8/h4-5,7H,2-3,6H2,1H3. The first-order chi connectivity index (χ1) is 7.81. The Labute approximate surface area is 102 Å². The van der Waals surface area contributed by atoms with Crippen LogP contribution in [0.5, 0.6) is 0 Å². The van der Waals surface area contributed by atoms with E-state index < -0.39 is 0 Å². The van der Waals surface area contributed by atoms with E-state index in [0.29, 0.717) is 6.42 Å². The van der Waals surface area contributed by atoms with Gasteiger partial charge in [-0.05, 0) is 40.3 Å². The molecule has 0 fully saturated rings. The van der Waals surface area contributed by atoms with Crippen molar-refractivity contribution in [3.8, 4) is 0 Å². The molecule has 84 valence electrons. The smallest absolute Gasteiger partial charge is 0.180 e. The number of aromatic nitrogens is 2. The van der Waals surface area contributed by atoms with Crippen LogP contribution >= 0.6 is 22.9 Å². The van der Waals surface area contributed by atoms with Crippen LogP contribution in [-0.2, 0) is 12.8 Å². The molecule has 0 aliphatic carbocycles. The lowest BCUT2D eigenvalue weighted by Crippen LogP contribution is -2.04. The molecule has 0 aliphatic rings. The zero-order valence-corrected chi connectivity index (χ0v) is 10.6. The molecule has 0 aromatic carbocycles. The number of ketones is 1. The van der Waals surface area contributed by atoms with E-state index in [1.54, 1.807) is 11.3 Å². The molecule has 2 aromatic heterocycles. The van der Waals surface area contributed by atoms with E-state index in [1.165, 1.54) is 11.5 Å². The molecule has 0 atom stereocenters. The molecule has 2 rings (SSSR count). The lowest BCUT2D eigenvalue weighted by molar-refractivity contribution is 0.0996. The molecule has 0 unspecified atom stereocenters. The predicted octanol–water partition coefficient (Wildman–Crippen LogP) is 2.98. The summed E-state index contributed by atoms with van der Waals surface area (Å²) in [6.07, 6.45) is 2.29. The maximum absolute atomic E-state index is 12.0. The second-order valence-electron chi connectivity index (χ2n) is 3.53. The number of nitrogens with zero attached hydrogens (tertiary/aromatic N) is 2. The minimum Gasteiger partial charge on any atom is -0.293 e. The van der Waals surface area contributed by atoms with E-state index in [2.05, 4.69) is 16.5 Å². The molecule has 0 N–H and O–H groups in total. The molecule has 2 heterocycles. The quantitative estimate of drug-likeness (QED) is 0.768. The van der Waals surface area contributed by atoms with Gasteiger partial charge in [-0.3, -0.25) is 4.79 Å². The number of hydrogen-bond donors (Lipinski definition) is 0. The lowest BCUT2D eigenvalue weighted by Gasteiger charge is -1.97. The lowest BCUT2D eigenvalue weighted by atomic mass is 10.1. The Morgan fingerprint density at radius 3 is 3.06 bits per heavy atom. The molecule has 0 spiro atoms. The van der Waals surface area contributed by atoms with Crippen LogP contribution in [-0.4, -0.2) is 15.4 Å². The average molecular weight is 252 g/mol. The summed E-state index contributed by atoms with van der Waals surface area (Å²) in [4.78, 5) is 12.7. The van der Waals surface area contributed by atoms with E-state index in [9.17, 15) is 4.79 Å². The third-order valence-electron chi connectivity index (χ3n) is 2.24. The number of carbonyl (C=O) groups excluding carboxylic acids is 1. The van der Waals surface area contributed by atoms with Crippen molar-refractivity contribution in [2.45, 2.75) is 26.2 Å². The summed E-state index contributed by atoms with van der Waals surface area (Å²) in [5.74, 6) is 0.136. The second kappa shape index (κ2) is 5.32. The number of carbonyl (C=O) groups is 1. The minimum atomic E-state index is 0.136. The summed E-state index contributed by atoms with van der Waals surface area (Å²) in [5.41, 5.74) is 1.93. The third-order valence-corrected chi connectivity index (χ3v) is 3.78. The van der Waals surface area contributed by atoms with Gasteiger partial charge in [0.15, 0.2) is 5.78 Å². The first-order valence-corrected chi connectivity index (χ1v) is 6.88. The highest BCUT2D eigenvalue weighted by Gasteiger charge is 2.15. The van der Waals surface area contributed by atoms with Gasteiger partial charge in [0.05, 0.1) is 5.69 Å². The van der Waals surface area contributed by atoms with Crippen molar-refractivity contribution in [3.63, 3.8) is 0 Å². The fourth-order valence-corrected chi connectivity index (χ4v) is 2.79. The van der Waals surface area contributed by atoms with Crippen LogP contribution in [0.2, 0.25) is 0 Å². The first kappa shape index (κ1) is 11.4. The summed E-state index contributed by atoms with van der Waals surface area (Å²) >= 11 is 2.83. The minimum absolute atomic E-state index is 0.136. The predicted molar refractivity (Wildman–Crippen MR) is 66.3 cm³/mol. The van der Waals surface area contributed by atoms with Gasteiger partial charge in [-0.25, -0.2) is 0 Å². The summed E-state index contributed by atoms with van der Waals surface area (Å²) in [7, 11) is 0. The van der Waals surface area contributed by atoms with Crippen molar-refractivity contribution < 1.29 is 4.79 Å². The highest BCUT2D eigenvalue weighted by atomic mass is 32.1. The van der Waals surface area contributed by atoms with Crippen LogP contribution < -0.4 is 0 Å². The summed E-state index contributed by atoms with van der Waals surface area (Å²) < 4.78 is 3.86.